The maximum atomic E-state index is 10.8. The summed E-state index contributed by atoms with van der Waals surface area (Å²) in [5, 5.41) is 24.2. The first kappa shape index (κ1) is 13.5. The van der Waals surface area contributed by atoms with Gasteiger partial charge < -0.3 is 15.5 Å². The van der Waals surface area contributed by atoms with Gasteiger partial charge in [-0.1, -0.05) is 12.1 Å². The van der Waals surface area contributed by atoms with Gasteiger partial charge in [-0.05, 0) is 23.1 Å². The largest absolute Gasteiger partial charge is 0.388 e. The summed E-state index contributed by atoms with van der Waals surface area (Å²) in [6.45, 7) is 1.38. The molecule has 0 aliphatic rings. The number of amides is 1. The Kier molecular flexibility index (Phi) is 4.09. The number of carbonyl (C=O) groups excluding carboxylic acids is 1. The van der Waals surface area contributed by atoms with Crippen molar-refractivity contribution >= 4 is 16.7 Å². The highest BCUT2D eigenvalue weighted by molar-refractivity contribution is 5.82. The summed E-state index contributed by atoms with van der Waals surface area (Å²) in [5.41, 5.74) is 0.608. The maximum Gasteiger partial charge on any atom is 0.216 e. The van der Waals surface area contributed by atoms with Crippen molar-refractivity contribution in [2.45, 2.75) is 19.1 Å². The molecule has 0 bridgehead atoms. The van der Waals surface area contributed by atoms with Gasteiger partial charge in [-0.25, -0.2) is 0 Å². The monoisotopic (exact) mass is 260 g/mol. The molecule has 0 radical (unpaired) electrons. The number of pyridine rings is 1. The van der Waals surface area contributed by atoms with Crippen molar-refractivity contribution in [3.63, 3.8) is 0 Å². The van der Waals surface area contributed by atoms with E-state index in [1.165, 1.54) is 6.92 Å². The van der Waals surface area contributed by atoms with Crippen LogP contribution in [0.2, 0.25) is 0 Å². The van der Waals surface area contributed by atoms with E-state index in [0.29, 0.717) is 5.56 Å². The molecule has 2 unspecified atom stereocenters. The van der Waals surface area contributed by atoms with E-state index in [-0.39, 0.29) is 12.5 Å². The van der Waals surface area contributed by atoms with Crippen LogP contribution in [0.15, 0.2) is 36.7 Å². The second-order valence-corrected chi connectivity index (χ2v) is 4.43. The molecule has 5 heteroatoms. The van der Waals surface area contributed by atoms with Crippen molar-refractivity contribution < 1.29 is 15.0 Å². The zero-order chi connectivity index (χ0) is 13.8. The highest BCUT2D eigenvalue weighted by Crippen LogP contribution is 2.21. The highest BCUT2D eigenvalue weighted by Gasteiger charge is 2.18. The Morgan fingerprint density at radius 2 is 2.11 bits per heavy atom. The third kappa shape index (κ3) is 3.27. The molecule has 0 saturated heterocycles. The number of nitrogens with zero attached hydrogens (tertiary/aromatic N) is 1. The van der Waals surface area contributed by atoms with Crippen LogP contribution in [0.25, 0.3) is 10.8 Å². The predicted octanol–water partition coefficient (Wildman–Crippen LogP) is 0.765. The van der Waals surface area contributed by atoms with E-state index >= 15 is 0 Å². The van der Waals surface area contributed by atoms with Crippen LogP contribution in [0.3, 0.4) is 0 Å². The average Bonchev–Trinajstić information content (AvgIpc) is 2.43. The van der Waals surface area contributed by atoms with Crippen molar-refractivity contribution in [1.29, 1.82) is 0 Å². The fraction of sp³-hybridized carbons (Fsp3) is 0.286. The van der Waals surface area contributed by atoms with Gasteiger partial charge in [-0.2, -0.15) is 0 Å². The van der Waals surface area contributed by atoms with E-state index in [4.69, 9.17) is 0 Å². The molecule has 0 fully saturated rings. The Hall–Kier alpha value is -1.98. The topological polar surface area (TPSA) is 82.5 Å². The standard InChI is InChI=1S/C14H16N2O3/c1-9(17)16-8-13(18)14(19)11-2-3-12-7-15-5-4-10(12)6-11/h2-7,13-14,18-19H,8H2,1H3,(H,16,17). The normalized spacial score (nSPS) is 14.1. The van der Waals surface area contributed by atoms with Crippen LogP contribution in [-0.4, -0.2) is 33.8 Å². The fourth-order valence-corrected chi connectivity index (χ4v) is 1.87. The van der Waals surface area contributed by atoms with Gasteiger partial charge in [0.1, 0.15) is 12.2 Å². The minimum Gasteiger partial charge on any atom is -0.388 e. The summed E-state index contributed by atoms with van der Waals surface area (Å²) < 4.78 is 0. The minimum absolute atomic E-state index is 0.0187. The molecule has 3 N–H and O–H groups in total. The molecule has 1 heterocycles. The molecule has 100 valence electrons. The van der Waals surface area contributed by atoms with Gasteiger partial charge in [0.25, 0.3) is 0 Å². The molecule has 5 nitrogen and oxygen atoms in total. The van der Waals surface area contributed by atoms with Crippen molar-refractivity contribution in [1.82, 2.24) is 10.3 Å². The van der Waals surface area contributed by atoms with Crippen LogP contribution in [0.1, 0.15) is 18.6 Å². The van der Waals surface area contributed by atoms with Gasteiger partial charge in [0.2, 0.25) is 5.91 Å². The molecule has 2 aromatic rings. The smallest absolute Gasteiger partial charge is 0.216 e. The summed E-state index contributed by atoms with van der Waals surface area (Å²) in [6, 6.07) is 7.22. The summed E-state index contributed by atoms with van der Waals surface area (Å²) in [5.74, 6) is -0.240. The van der Waals surface area contributed by atoms with Gasteiger partial charge >= 0.3 is 0 Å². The van der Waals surface area contributed by atoms with Gasteiger partial charge in [-0.3, -0.25) is 9.78 Å². The second kappa shape index (κ2) is 5.77. The Morgan fingerprint density at radius 1 is 1.32 bits per heavy atom. The number of hydrogen-bond donors (Lipinski definition) is 3. The molecule has 1 aromatic carbocycles. The van der Waals surface area contributed by atoms with E-state index in [1.807, 2.05) is 12.1 Å². The van der Waals surface area contributed by atoms with E-state index in [9.17, 15) is 15.0 Å². The number of aliphatic hydroxyl groups is 2. The summed E-state index contributed by atoms with van der Waals surface area (Å²) in [6.07, 6.45) is 1.33. The van der Waals surface area contributed by atoms with Gasteiger partial charge in [0, 0.05) is 31.2 Å². The first-order valence-corrected chi connectivity index (χ1v) is 6.02. The van der Waals surface area contributed by atoms with Gasteiger partial charge in [-0.15, -0.1) is 0 Å². The molecule has 2 atom stereocenters. The number of aromatic nitrogens is 1. The second-order valence-electron chi connectivity index (χ2n) is 4.43. The zero-order valence-electron chi connectivity index (χ0n) is 10.6. The summed E-state index contributed by atoms with van der Waals surface area (Å²) >= 11 is 0. The number of hydrogen-bond acceptors (Lipinski definition) is 4. The Labute approximate surface area is 110 Å². The van der Waals surface area contributed by atoms with E-state index < -0.39 is 12.2 Å². The van der Waals surface area contributed by atoms with Crippen molar-refractivity contribution in [2.75, 3.05) is 6.54 Å². The van der Waals surface area contributed by atoms with E-state index in [2.05, 4.69) is 10.3 Å². The average molecular weight is 260 g/mol. The van der Waals surface area contributed by atoms with Crippen molar-refractivity contribution in [2.24, 2.45) is 0 Å². The molecule has 1 aromatic heterocycles. The molecule has 0 spiro atoms. The molecule has 0 aliphatic carbocycles. The van der Waals surface area contributed by atoms with Crippen LogP contribution in [-0.2, 0) is 4.79 Å². The molecular formula is C14H16N2O3. The lowest BCUT2D eigenvalue weighted by molar-refractivity contribution is -0.119. The molecule has 0 aliphatic heterocycles. The van der Waals surface area contributed by atoms with E-state index in [1.54, 1.807) is 24.5 Å². The Bertz CT molecular complexity index is 586. The molecule has 1 amide bonds. The Balaban J connectivity index is 2.16. The van der Waals surface area contributed by atoms with Crippen LogP contribution in [0, 0.1) is 0 Å². The zero-order valence-corrected chi connectivity index (χ0v) is 10.6. The van der Waals surface area contributed by atoms with Crippen LogP contribution in [0.5, 0.6) is 0 Å². The number of aliphatic hydroxyl groups excluding tert-OH is 2. The number of nitrogens with one attached hydrogen (secondary N) is 1. The third-order valence-corrected chi connectivity index (χ3v) is 2.93. The lowest BCUT2D eigenvalue weighted by Crippen LogP contribution is -2.34. The Morgan fingerprint density at radius 3 is 2.84 bits per heavy atom. The van der Waals surface area contributed by atoms with Gasteiger partial charge in [0.15, 0.2) is 0 Å². The van der Waals surface area contributed by atoms with Crippen molar-refractivity contribution in [3.8, 4) is 0 Å². The number of rotatable bonds is 4. The summed E-state index contributed by atoms with van der Waals surface area (Å²) in [7, 11) is 0. The predicted molar refractivity (Wildman–Crippen MR) is 71.4 cm³/mol. The third-order valence-electron chi connectivity index (χ3n) is 2.93. The van der Waals surface area contributed by atoms with E-state index in [0.717, 1.165) is 10.8 Å². The number of fused-ring (bicyclic) bond motifs is 1. The van der Waals surface area contributed by atoms with Gasteiger partial charge in [0.05, 0.1) is 0 Å². The lowest BCUT2D eigenvalue weighted by atomic mass is 10.0. The lowest BCUT2D eigenvalue weighted by Gasteiger charge is -2.18. The number of benzene rings is 1. The SMILES string of the molecule is CC(=O)NCC(O)C(O)c1ccc2cnccc2c1. The molecular weight excluding hydrogens is 244 g/mol. The summed E-state index contributed by atoms with van der Waals surface area (Å²) in [4.78, 5) is 14.8. The number of carbonyl (C=O) groups is 1. The van der Waals surface area contributed by atoms with Crippen LogP contribution < -0.4 is 5.32 Å². The molecule has 2 rings (SSSR count). The maximum absolute atomic E-state index is 10.8. The molecule has 0 saturated carbocycles. The highest BCUT2D eigenvalue weighted by atomic mass is 16.3. The minimum atomic E-state index is -1.04. The fourth-order valence-electron chi connectivity index (χ4n) is 1.87. The van der Waals surface area contributed by atoms with Crippen LogP contribution in [0.4, 0.5) is 0 Å². The molecule has 19 heavy (non-hydrogen) atoms. The first-order chi connectivity index (χ1) is 9.08. The van der Waals surface area contributed by atoms with Crippen LogP contribution >= 0.6 is 0 Å². The first-order valence-electron chi connectivity index (χ1n) is 6.02. The van der Waals surface area contributed by atoms with Crippen molar-refractivity contribution in [3.05, 3.63) is 42.2 Å². The quantitative estimate of drug-likeness (QED) is 0.758.